The molecule has 0 unspecified atom stereocenters. The molecule has 0 bridgehead atoms. The quantitative estimate of drug-likeness (QED) is 0.802. The summed E-state index contributed by atoms with van der Waals surface area (Å²) in [4.78, 5) is 11.6. The molecule has 5 heteroatoms. The van der Waals surface area contributed by atoms with Crippen LogP contribution in [0.3, 0.4) is 0 Å². The van der Waals surface area contributed by atoms with Crippen LogP contribution in [0.2, 0.25) is 0 Å². The summed E-state index contributed by atoms with van der Waals surface area (Å²) in [5, 5.41) is 3.99. The lowest BCUT2D eigenvalue weighted by Gasteiger charge is -2.06. The van der Waals surface area contributed by atoms with Crippen LogP contribution in [0.5, 0.6) is 0 Å². The normalized spacial score (nSPS) is 10.2. The molecule has 0 atom stereocenters. The molecule has 14 heavy (non-hydrogen) atoms. The van der Waals surface area contributed by atoms with Crippen molar-refractivity contribution in [1.29, 1.82) is 0 Å². The van der Waals surface area contributed by atoms with Crippen molar-refractivity contribution in [2.75, 3.05) is 0 Å². The predicted octanol–water partition coefficient (Wildman–Crippen LogP) is 2.73. The van der Waals surface area contributed by atoms with E-state index in [9.17, 15) is 4.79 Å². The Balaban J connectivity index is 3.06. The van der Waals surface area contributed by atoms with Crippen LogP contribution in [0.1, 0.15) is 13.3 Å². The van der Waals surface area contributed by atoms with E-state index >= 15 is 0 Å². The first kappa shape index (κ1) is 11.7. The first-order chi connectivity index (χ1) is 6.56. The molecule has 76 valence electrons. The van der Waals surface area contributed by atoms with Crippen molar-refractivity contribution >= 4 is 31.9 Å². The van der Waals surface area contributed by atoms with Gasteiger partial charge in [0.1, 0.15) is 4.47 Å². The Kier molecular flexibility index (Phi) is 4.07. The van der Waals surface area contributed by atoms with Crippen molar-refractivity contribution in [3.05, 3.63) is 37.6 Å². The standard InChI is InChI=1S/C9H10Br2N2O/c1-3-6(2)5-13-9(14)8(11)7(10)4-12-13/h4H,2-3,5H2,1H3. The van der Waals surface area contributed by atoms with E-state index in [0.717, 1.165) is 12.0 Å². The van der Waals surface area contributed by atoms with E-state index in [1.807, 2.05) is 6.92 Å². The number of aromatic nitrogens is 2. The van der Waals surface area contributed by atoms with Gasteiger partial charge >= 0.3 is 0 Å². The van der Waals surface area contributed by atoms with Gasteiger partial charge < -0.3 is 0 Å². The Bertz CT molecular complexity index is 412. The number of nitrogens with zero attached hydrogens (tertiary/aromatic N) is 2. The third-order valence-corrected chi connectivity index (χ3v) is 3.72. The van der Waals surface area contributed by atoms with Crippen molar-refractivity contribution in [2.24, 2.45) is 0 Å². The van der Waals surface area contributed by atoms with Gasteiger partial charge in [0.2, 0.25) is 0 Å². The Morgan fingerprint density at radius 2 is 2.29 bits per heavy atom. The summed E-state index contributed by atoms with van der Waals surface area (Å²) in [5.74, 6) is 0. The first-order valence-corrected chi connectivity index (χ1v) is 5.72. The average Bonchev–Trinajstić information content (AvgIpc) is 2.19. The second-order valence-corrected chi connectivity index (χ2v) is 4.52. The maximum atomic E-state index is 11.6. The highest BCUT2D eigenvalue weighted by molar-refractivity contribution is 9.13. The van der Waals surface area contributed by atoms with Gasteiger partial charge in [-0.2, -0.15) is 5.10 Å². The fraction of sp³-hybridized carbons (Fsp3) is 0.333. The SMILES string of the molecule is C=C(CC)Cn1ncc(Br)c(Br)c1=O. The summed E-state index contributed by atoms with van der Waals surface area (Å²) in [6.45, 7) is 6.31. The van der Waals surface area contributed by atoms with E-state index in [1.54, 1.807) is 6.20 Å². The number of allylic oxidation sites excluding steroid dienone is 1. The van der Waals surface area contributed by atoms with Gasteiger partial charge in [-0.1, -0.05) is 19.1 Å². The molecule has 1 heterocycles. The van der Waals surface area contributed by atoms with E-state index in [2.05, 4.69) is 43.5 Å². The van der Waals surface area contributed by atoms with Crippen molar-refractivity contribution in [1.82, 2.24) is 9.78 Å². The fourth-order valence-electron chi connectivity index (χ4n) is 0.881. The minimum Gasteiger partial charge on any atom is -0.266 e. The summed E-state index contributed by atoms with van der Waals surface area (Å²) in [7, 11) is 0. The number of halogens is 2. The highest BCUT2D eigenvalue weighted by Gasteiger charge is 2.06. The maximum Gasteiger partial charge on any atom is 0.282 e. The van der Waals surface area contributed by atoms with Gasteiger partial charge in [0, 0.05) is 0 Å². The minimum absolute atomic E-state index is 0.144. The summed E-state index contributed by atoms with van der Waals surface area (Å²) < 4.78 is 2.55. The second-order valence-electron chi connectivity index (χ2n) is 2.87. The Labute approximate surface area is 99.1 Å². The summed E-state index contributed by atoms with van der Waals surface area (Å²) in [6.07, 6.45) is 2.44. The summed E-state index contributed by atoms with van der Waals surface area (Å²) in [6, 6.07) is 0. The topological polar surface area (TPSA) is 34.9 Å². The molecular formula is C9H10Br2N2O. The van der Waals surface area contributed by atoms with Crippen LogP contribution >= 0.6 is 31.9 Å². The molecule has 1 rings (SSSR count). The van der Waals surface area contributed by atoms with E-state index in [1.165, 1.54) is 4.68 Å². The monoisotopic (exact) mass is 320 g/mol. The molecule has 1 aromatic heterocycles. The van der Waals surface area contributed by atoms with Crippen LogP contribution < -0.4 is 5.56 Å². The zero-order valence-corrected chi connectivity index (χ0v) is 10.9. The lowest BCUT2D eigenvalue weighted by Crippen LogP contribution is -2.24. The zero-order valence-electron chi connectivity index (χ0n) is 7.76. The molecule has 0 saturated heterocycles. The minimum atomic E-state index is -0.144. The molecule has 1 aromatic rings. The molecule has 0 radical (unpaired) electrons. The van der Waals surface area contributed by atoms with E-state index in [4.69, 9.17) is 0 Å². The third kappa shape index (κ3) is 2.54. The molecule has 0 fully saturated rings. The Morgan fingerprint density at radius 1 is 1.64 bits per heavy atom. The number of rotatable bonds is 3. The molecule has 0 aliphatic rings. The van der Waals surface area contributed by atoms with Gasteiger partial charge in [-0.15, -0.1) is 0 Å². The molecule has 0 aromatic carbocycles. The molecule has 3 nitrogen and oxygen atoms in total. The molecular weight excluding hydrogens is 312 g/mol. The van der Waals surface area contributed by atoms with Crippen LogP contribution in [0.25, 0.3) is 0 Å². The van der Waals surface area contributed by atoms with Crippen molar-refractivity contribution in [3.63, 3.8) is 0 Å². The zero-order chi connectivity index (χ0) is 10.7. The van der Waals surface area contributed by atoms with Crippen molar-refractivity contribution in [2.45, 2.75) is 19.9 Å². The first-order valence-electron chi connectivity index (χ1n) is 4.14. The predicted molar refractivity (Wildman–Crippen MR) is 63.3 cm³/mol. The Morgan fingerprint density at radius 3 is 2.86 bits per heavy atom. The molecule has 0 aliphatic carbocycles. The summed E-state index contributed by atoms with van der Waals surface area (Å²) in [5.41, 5.74) is 0.836. The highest BCUT2D eigenvalue weighted by atomic mass is 79.9. The number of hydrogen-bond donors (Lipinski definition) is 0. The van der Waals surface area contributed by atoms with Gasteiger partial charge in [-0.05, 0) is 38.3 Å². The molecule has 0 aliphatic heterocycles. The third-order valence-electron chi connectivity index (χ3n) is 1.82. The molecule has 0 amide bonds. The van der Waals surface area contributed by atoms with Gasteiger partial charge in [0.05, 0.1) is 17.2 Å². The molecule has 0 N–H and O–H groups in total. The van der Waals surface area contributed by atoms with Crippen LogP contribution in [0.15, 0.2) is 32.1 Å². The maximum absolute atomic E-state index is 11.6. The van der Waals surface area contributed by atoms with Crippen LogP contribution in [-0.2, 0) is 6.54 Å². The van der Waals surface area contributed by atoms with E-state index in [-0.39, 0.29) is 5.56 Å². The average molecular weight is 322 g/mol. The largest absolute Gasteiger partial charge is 0.282 e. The molecule has 0 saturated carbocycles. The summed E-state index contributed by atoms with van der Waals surface area (Å²) >= 11 is 6.41. The number of hydrogen-bond acceptors (Lipinski definition) is 2. The van der Waals surface area contributed by atoms with Crippen molar-refractivity contribution < 1.29 is 0 Å². The second kappa shape index (κ2) is 4.89. The highest BCUT2D eigenvalue weighted by Crippen LogP contribution is 2.16. The van der Waals surface area contributed by atoms with E-state index < -0.39 is 0 Å². The lowest BCUT2D eigenvalue weighted by molar-refractivity contribution is 0.616. The van der Waals surface area contributed by atoms with Gasteiger partial charge in [0.15, 0.2) is 0 Å². The van der Waals surface area contributed by atoms with Gasteiger partial charge in [0.25, 0.3) is 5.56 Å². The van der Waals surface area contributed by atoms with Crippen molar-refractivity contribution in [3.8, 4) is 0 Å². The Hall–Kier alpha value is -0.420. The van der Waals surface area contributed by atoms with E-state index in [0.29, 0.717) is 15.5 Å². The van der Waals surface area contributed by atoms with Gasteiger partial charge in [-0.25, -0.2) is 4.68 Å². The van der Waals surface area contributed by atoms with Crippen LogP contribution in [-0.4, -0.2) is 9.78 Å². The van der Waals surface area contributed by atoms with Crippen LogP contribution in [0.4, 0.5) is 0 Å². The smallest absolute Gasteiger partial charge is 0.266 e. The van der Waals surface area contributed by atoms with Crippen LogP contribution in [0, 0.1) is 0 Å². The van der Waals surface area contributed by atoms with Gasteiger partial charge in [-0.3, -0.25) is 4.79 Å². The fourth-order valence-corrected chi connectivity index (χ4v) is 1.45. The molecule has 0 spiro atoms. The lowest BCUT2D eigenvalue weighted by atomic mass is 10.2.